The van der Waals surface area contributed by atoms with Crippen LogP contribution in [-0.2, 0) is 32.5 Å². The molecule has 0 fully saturated rings. The fourth-order valence-electron chi connectivity index (χ4n) is 16.0. The lowest BCUT2D eigenvalue weighted by molar-refractivity contribution is 0.540. The van der Waals surface area contributed by atoms with E-state index in [1.165, 1.54) is 43.3 Å². The van der Waals surface area contributed by atoms with E-state index in [0.717, 1.165) is 140 Å². The Bertz CT molecular complexity index is 7900. The Morgan fingerprint density at radius 2 is 0.654 bits per heavy atom. The second kappa shape index (κ2) is 38.5. The minimum absolute atomic E-state index is 0.0606. The van der Waals surface area contributed by atoms with Crippen molar-refractivity contribution < 1.29 is 4.42 Å². The lowest BCUT2D eigenvalue weighted by atomic mass is 9.87. The highest BCUT2D eigenvalue weighted by Gasteiger charge is 2.27. The van der Waals surface area contributed by atoms with Crippen LogP contribution in [0, 0.1) is 0 Å². The van der Waals surface area contributed by atoms with Gasteiger partial charge in [0, 0.05) is 123 Å². The van der Waals surface area contributed by atoms with Gasteiger partial charge in [0.2, 0.25) is 5.95 Å². The molecule has 0 atom stereocenters. The smallest absolute Gasteiger partial charge is 0.238 e. The van der Waals surface area contributed by atoms with Gasteiger partial charge in [0.05, 0.1) is 50.4 Å². The molecule has 136 heavy (non-hydrogen) atoms. The van der Waals surface area contributed by atoms with E-state index < -0.39 is 0 Å². The van der Waals surface area contributed by atoms with E-state index in [-0.39, 0.29) is 32.5 Å². The molecule has 0 bridgehead atoms. The van der Waals surface area contributed by atoms with Crippen LogP contribution in [0.3, 0.4) is 0 Å². The van der Waals surface area contributed by atoms with Gasteiger partial charge in [0.1, 0.15) is 28.6 Å². The molecule has 15 heteroatoms. The molecule has 0 saturated heterocycles. The molecule has 0 spiro atoms. The molecule has 0 radical (unpaired) electrons. The van der Waals surface area contributed by atoms with Crippen molar-refractivity contribution in [1.29, 1.82) is 0 Å². The number of pyridine rings is 5. The van der Waals surface area contributed by atoms with Gasteiger partial charge in [0.15, 0.2) is 17.5 Å². The Labute approximate surface area is 796 Å². The molecule has 0 amide bonds. The maximum absolute atomic E-state index is 5.96. The number of para-hydroxylation sites is 4. The van der Waals surface area contributed by atoms with Crippen LogP contribution in [0.5, 0.6) is 0 Å². The zero-order chi connectivity index (χ0) is 95.3. The summed E-state index contributed by atoms with van der Waals surface area (Å²) in [6, 6.07) is 118. The van der Waals surface area contributed by atoms with Crippen LogP contribution in [0.4, 0.5) is 0 Å². The minimum atomic E-state index is -0.194. The average molecular weight is 1780 g/mol. The predicted octanol–water partition coefficient (Wildman–Crippen LogP) is 30.8. The first-order valence-corrected chi connectivity index (χ1v) is 46.5. The molecular formula is C121H114N14O. The quantitative estimate of drug-likeness (QED) is 0.137. The largest absolute Gasteiger partial charge is 0.456 e. The molecular weight excluding hydrogens is 1670 g/mol. The van der Waals surface area contributed by atoms with Crippen LogP contribution < -0.4 is 0 Å². The summed E-state index contributed by atoms with van der Waals surface area (Å²) in [7, 11) is 0. The molecule has 15 nitrogen and oxygen atoms in total. The molecule has 0 aliphatic carbocycles. The molecule has 0 N–H and O–H groups in total. The third-order valence-electron chi connectivity index (χ3n) is 23.7. The fraction of sp³-hybridized carbons (Fsp3) is 0.198. The van der Waals surface area contributed by atoms with E-state index in [1.54, 1.807) is 6.20 Å². The number of rotatable bonds is 7. The number of benzene rings is 12. The Morgan fingerprint density at radius 1 is 0.221 bits per heavy atom. The van der Waals surface area contributed by atoms with Gasteiger partial charge in [-0.05, 0) is 136 Å². The predicted molar refractivity (Wildman–Crippen MR) is 564 cm³/mol. The third kappa shape index (κ3) is 21.2. The number of fused-ring (bicyclic) bond motifs is 12. The topological polar surface area (TPSA) is 186 Å². The van der Waals surface area contributed by atoms with E-state index in [1.807, 2.05) is 140 Å². The highest BCUT2D eigenvalue weighted by Crippen LogP contribution is 2.39. The van der Waals surface area contributed by atoms with Crippen LogP contribution in [0.2, 0.25) is 0 Å². The summed E-state index contributed by atoms with van der Waals surface area (Å²) >= 11 is 0. The Kier molecular flexibility index (Phi) is 26.1. The normalized spacial score (nSPS) is 11.9. The first-order chi connectivity index (χ1) is 65.2. The zero-order valence-electron chi connectivity index (χ0n) is 80.8. The Balaban J connectivity index is 0.000000116. The van der Waals surface area contributed by atoms with Gasteiger partial charge in [-0.2, -0.15) is 9.97 Å². The van der Waals surface area contributed by atoms with E-state index in [4.69, 9.17) is 49.3 Å². The summed E-state index contributed by atoms with van der Waals surface area (Å²) in [6.07, 6.45) is 5.47. The first-order valence-electron chi connectivity index (χ1n) is 46.5. The van der Waals surface area contributed by atoms with Crippen molar-refractivity contribution in [2.24, 2.45) is 0 Å². The van der Waals surface area contributed by atoms with Crippen LogP contribution in [0.15, 0.2) is 369 Å². The third-order valence-corrected chi connectivity index (χ3v) is 23.7. The van der Waals surface area contributed by atoms with Crippen LogP contribution in [0.1, 0.15) is 159 Å². The van der Waals surface area contributed by atoms with Crippen molar-refractivity contribution in [2.45, 2.75) is 157 Å². The van der Waals surface area contributed by atoms with Gasteiger partial charge in [-0.3, -0.25) is 24.5 Å². The molecule has 10 aromatic heterocycles. The maximum Gasteiger partial charge on any atom is 0.238 e. The molecule has 22 aromatic rings. The molecule has 12 aromatic carbocycles. The zero-order valence-corrected chi connectivity index (χ0v) is 80.8. The van der Waals surface area contributed by atoms with Crippen molar-refractivity contribution in [3.8, 4) is 74.0 Å². The molecule has 0 saturated carbocycles. The highest BCUT2D eigenvalue weighted by atomic mass is 16.3. The van der Waals surface area contributed by atoms with Crippen molar-refractivity contribution >= 4 is 98.0 Å². The highest BCUT2D eigenvalue weighted by molar-refractivity contribution is 6.09. The number of nitrogens with zero attached hydrogens (tertiary/aromatic N) is 14. The minimum Gasteiger partial charge on any atom is -0.456 e. The summed E-state index contributed by atoms with van der Waals surface area (Å²) < 4.78 is 8.11. The number of furan rings is 1. The lowest BCUT2D eigenvalue weighted by Gasteiger charge is -2.19. The van der Waals surface area contributed by atoms with Gasteiger partial charge in [-0.15, -0.1) is 0 Å². The molecule has 0 unspecified atom stereocenters. The number of aromatic nitrogens is 14. The number of hydrogen-bond acceptors (Lipinski definition) is 14. The Morgan fingerprint density at radius 3 is 1.22 bits per heavy atom. The Hall–Kier alpha value is -15.6. The van der Waals surface area contributed by atoms with Crippen molar-refractivity contribution in [3.05, 3.63) is 399 Å². The van der Waals surface area contributed by atoms with Crippen LogP contribution in [-0.4, -0.2) is 69.4 Å². The summed E-state index contributed by atoms with van der Waals surface area (Å²) in [5.41, 5.74) is 19.3. The second-order valence-electron chi connectivity index (χ2n) is 40.5. The molecule has 0 aliphatic heterocycles. The summed E-state index contributed by atoms with van der Waals surface area (Å²) in [5.74, 6) is 5.13. The summed E-state index contributed by atoms with van der Waals surface area (Å²) in [6.45, 7) is 38.9. The van der Waals surface area contributed by atoms with Crippen molar-refractivity contribution in [1.82, 2.24) is 69.4 Å². The van der Waals surface area contributed by atoms with E-state index >= 15 is 0 Å². The van der Waals surface area contributed by atoms with E-state index in [0.29, 0.717) is 23.4 Å². The summed E-state index contributed by atoms with van der Waals surface area (Å²) in [5, 5.41) is 13.0. The fourth-order valence-corrected chi connectivity index (χ4v) is 16.0. The number of hydrogen-bond donors (Lipinski definition) is 0. The first kappa shape index (κ1) is 92.2. The van der Waals surface area contributed by atoms with Crippen LogP contribution >= 0.6 is 0 Å². The lowest BCUT2D eigenvalue weighted by Crippen LogP contribution is -2.19. The van der Waals surface area contributed by atoms with Crippen molar-refractivity contribution in [3.63, 3.8) is 0 Å². The van der Waals surface area contributed by atoms with Gasteiger partial charge in [0.25, 0.3) is 0 Å². The maximum atomic E-state index is 5.96. The van der Waals surface area contributed by atoms with Gasteiger partial charge in [-0.1, -0.05) is 367 Å². The van der Waals surface area contributed by atoms with Crippen molar-refractivity contribution in [2.75, 3.05) is 0 Å². The SMILES string of the molecule is CC(C)(C)c1ccc2ccc3cccnc3c2n1.CC(C)(C)c1ccc2ccccc2n1.CC(C)(C)c1ccnc(-c2ccccn2)c1.CC(C)(C)c1nc(-c2ccc3ccccc3c2)cc(-c2ccc3ccccc3c2)n1.CC(C)(C)c1nc(-c2ccccc2)nc(-c2ccc3oc4ccccc4c3c2)n1.CC(C)(C)c1nc(-c2ccccc2)nc(-n2c3ccccc3c3ccccc32)n1. The van der Waals surface area contributed by atoms with Gasteiger partial charge in [-0.25, -0.2) is 34.9 Å². The van der Waals surface area contributed by atoms with E-state index in [2.05, 4.69) is 368 Å². The summed E-state index contributed by atoms with van der Waals surface area (Å²) in [4.78, 5) is 61.5. The van der Waals surface area contributed by atoms with E-state index in [9.17, 15) is 0 Å². The van der Waals surface area contributed by atoms with Crippen LogP contribution in [0.25, 0.3) is 172 Å². The molecule has 0 aliphatic rings. The van der Waals surface area contributed by atoms with Gasteiger partial charge < -0.3 is 4.42 Å². The monoisotopic (exact) mass is 1780 g/mol. The van der Waals surface area contributed by atoms with Gasteiger partial charge >= 0.3 is 0 Å². The molecule has 674 valence electrons. The molecule has 22 rings (SSSR count). The molecule has 10 heterocycles. The second-order valence-corrected chi connectivity index (χ2v) is 40.5. The standard InChI is InChI=1S/C28H24N2.C25H22N4.C25H21N3O.C16H16N2.C14H16N2.C13H15N/c1-28(2,3)27-29-25(23-14-12-19-8-4-6-10-21(19)16-23)18-26(30-27)24-15-13-20-9-5-7-11-22(20)17-24;1-25(2,3)23-26-22(17-11-5-4-6-12-17)27-24(28-23)29-20-15-9-7-13-18(20)19-14-8-10-16-21(19)29;1-25(2,3)24-27-22(16-9-5-4-6-10-16)26-23(28-24)17-13-14-21-19(15-17)18-11-7-8-12-20(18)29-21;1-16(2,3)13-9-8-12-7-6-11-5-4-10-17-14(11)15(12)18-13;1-14(2,3)11-7-9-16-13(10-11)12-6-4-5-8-15-12;1-13(2,3)12-9-8-10-6-4-5-7-11(10)14-12/h4-18H,1-3H3;4-16H,1-3H3;4-15H,1-3H3;4-10H,1-3H3;4-10H,1-3H3;4-9H,1-3H3. The average Bonchev–Trinajstić information content (AvgIpc) is 1.59.